The summed E-state index contributed by atoms with van der Waals surface area (Å²) in [6.45, 7) is 1.49. The van der Waals surface area contributed by atoms with Gasteiger partial charge in [-0.05, 0) is 60.7 Å². The van der Waals surface area contributed by atoms with Crippen LogP contribution < -0.4 is 10.1 Å². The molecule has 2 aromatic carbocycles. The number of aliphatic hydroxyl groups is 1. The van der Waals surface area contributed by atoms with Gasteiger partial charge in [-0.25, -0.2) is 0 Å². The van der Waals surface area contributed by atoms with Crippen molar-refractivity contribution in [3.05, 3.63) is 65.2 Å². The highest BCUT2D eigenvalue weighted by atomic mass is 19.4. The Morgan fingerprint density at radius 2 is 1.76 bits per heavy atom. The number of oxime groups is 1. The number of hydrogen-bond acceptors (Lipinski definition) is 6. The van der Waals surface area contributed by atoms with Crippen LogP contribution in [-0.2, 0) is 27.2 Å². The van der Waals surface area contributed by atoms with Gasteiger partial charge in [-0.15, -0.1) is 0 Å². The molecule has 3 rings (SSSR count). The van der Waals surface area contributed by atoms with E-state index in [2.05, 4.69) is 10.5 Å². The lowest BCUT2D eigenvalue weighted by Gasteiger charge is -2.22. The molecule has 10 heteroatoms. The smallest absolute Gasteiger partial charge is 0.416 e. The van der Waals surface area contributed by atoms with Crippen LogP contribution in [0.25, 0.3) is 0 Å². The molecule has 0 aliphatic carbocycles. The van der Waals surface area contributed by atoms with Gasteiger partial charge in [-0.1, -0.05) is 17.3 Å². The van der Waals surface area contributed by atoms with E-state index in [0.717, 1.165) is 38.2 Å². The molecular weight excluding hydrogens is 453 g/mol. The molecule has 0 atom stereocenters. The Bertz CT molecular complexity index is 941. The van der Waals surface area contributed by atoms with E-state index in [1.54, 1.807) is 24.3 Å². The lowest BCUT2D eigenvalue weighted by Crippen LogP contribution is -2.35. The number of carbonyl (C=O) groups is 1. The van der Waals surface area contributed by atoms with Crippen LogP contribution in [0.1, 0.15) is 29.5 Å². The summed E-state index contributed by atoms with van der Waals surface area (Å²) in [5.41, 5.74) is 0.585. The summed E-state index contributed by atoms with van der Waals surface area (Å²) in [4.78, 5) is 17.2. The fourth-order valence-corrected chi connectivity index (χ4v) is 3.30. The number of amides is 1. The molecular formula is C24H27F3N2O5. The van der Waals surface area contributed by atoms with Crippen LogP contribution in [0.2, 0.25) is 0 Å². The molecule has 2 N–H and O–H groups in total. The van der Waals surface area contributed by atoms with E-state index < -0.39 is 18.3 Å². The molecule has 184 valence electrons. The average molecular weight is 480 g/mol. The first-order valence-corrected chi connectivity index (χ1v) is 10.9. The summed E-state index contributed by atoms with van der Waals surface area (Å²) in [5.74, 6) is 0.701. The standard InChI is InChI=1S/C24H27F3N2O5/c25-24(26,27)20-5-1-18(2-6-20)15-34-29-22(14-30)19-3-7-21(8-4-19)33-16-23(31)28-13-17-9-11-32-12-10-17/h1-8,17,30H,9-16H2,(H,28,31). The maximum atomic E-state index is 12.6. The molecule has 0 radical (unpaired) electrons. The van der Waals surface area contributed by atoms with Crippen molar-refractivity contribution in [2.24, 2.45) is 11.1 Å². The number of ether oxygens (including phenoxy) is 2. The third kappa shape index (κ3) is 8.03. The Balaban J connectivity index is 1.45. The Labute approximate surface area is 195 Å². The van der Waals surface area contributed by atoms with Gasteiger partial charge in [0.05, 0.1) is 12.2 Å². The summed E-state index contributed by atoms with van der Waals surface area (Å²) in [6.07, 6.45) is -2.52. The largest absolute Gasteiger partial charge is 0.484 e. The minimum atomic E-state index is -4.40. The molecule has 0 spiro atoms. The number of halogens is 3. The second-order valence-electron chi connectivity index (χ2n) is 7.84. The number of hydrogen-bond donors (Lipinski definition) is 2. The van der Waals surface area contributed by atoms with Gasteiger partial charge in [0.15, 0.2) is 6.61 Å². The zero-order chi connectivity index (χ0) is 24.4. The monoisotopic (exact) mass is 480 g/mol. The van der Waals surface area contributed by atoms with Crippen molar-refractivity contribution in [1.82, 2.24) is 5.32 Å². The van der Waals surface area contributed by atoms with Crippen molar-refractivity contribution in [2.75, 3.05) is 33.0 Å². The molecule has 0 aromatic heterocycles. The van der Waals surface area contributed by atoms with E-state index in [1.807, 2.05) is 0 Å². The molecule has 1 saturated heterocycles. The summed E-state index contributed by atoms with van der Waals surface area (Å²) >= 11 is 0. The fourth-order valence-electron chi connectivity index (χ4n) is 3.30. The van der Waals surface area contributed by atoms with E-state index in [0.29, 0.717) is 29.3 Å². The van der Waals surface area contributed by atoms with Gasteiger partial charge in [-0.3, -0.25) is 4.79 Å². The molecule has 0 unspecified atom stereocenters. The molecule has 1 amide bonds. The Kier molecular flexibility index (Phi) is 9.29. The van der Waals surface area contributed by atoms with Crippen LogP contribution in [0.4, 0.5) is 13.2 Å². The average Bonchev–Trinajstić information content (AvgIpc) is 2.85. The first-order valence-electron chi connectivity index (χ1n) is 10.9. The number of nitrogens with one attached hydrogen (secondary N) is 1. The van der Waals surface area contributed by atoms with E-state index in [-0.39, 0.29) is 24.8 Å². The van der Waals surface area contributed by atoms with Gasteiger partial charge in [0.1, 0.15) is 18.1 Å². The van der Waals surface area contributed by atoms with E-state index >= 15 is 0 Å². The number of carbonyl (C=O) groups excluding carboxylic acids is 1. The van der Waals surface area contributed by atoms with Crippen LogP contribution in [0.3, 0.4) is 0 Å². The molecule has 1 aliphatic heterocycles. The minimum absolute atomic E-state index is 0.0498. The topological polar surface area (TPSA) is 89.4 Å². The molecule has 1 heterocycles. The number of nitrogens with zero attached hydrogens (tertiary/aromatic N) is 1. The predicted octanol–water partition coefficient (Wildman–Crippen LogP) is 3.54. The second-order valence-corrected chi connectivity index (χ2v) is 7.84. The van der Waals surface area contributed by atoms with Gasteiger partial charge in [0, 0.05) is 25.3 Å². The van der Waals surface area contributed by atoms with E-state index in [1.165, 1.54) is 12.1 Å². The summed E-state index contributed by atoms with van der Waals surface area (Å²) < 4.78 is 48.7. The van der Waals surface area contributed by atoms with E-state index in [4.69, 9.17) is 14.3 Å². The lowest BCUT2D eigenvalue weighted by atomic mass is 10.0. The molecule has 1 fully saturated rings. The van der Waals surface area contributed by atoms with Crippen LogP contribution in [-0.4, -0.2) is 49.7 Å². The number of alkyl halides is 3. The summed E-state index contributed by atoms with van der Waals surface area (Å²) in [6, 6.07) is 11.2. The van der Waals surface area contributed by atoms with Crippen molar-refractivity contribution in [3.63, 3.8) is 0 Å². The normalized spacial score (nSPS) is 15.1. The summed E-state index contributed by atoms with van der Waals surface area (Å²) in [7, 11) is 0. The molecule has 7 nitrogen and oxygen atoms in total. The third-order valence-electron chi connectivity index (χ3n) is 5.32. The fraction of sp³-hybridized carbons (Fsp3) is 0.417. The zero-order valence-corrected chi connectivity index (χ0v) is 18.5. The zero-order valence-electron chi connectivity index (χ0n) is 18.5. The van der Waals surface area contributed by atoms with Crippen LogP contribution in [0.5, 0.6) is 5.75 Å². The van der Waals surface area contributed by atoms with Crippen LogP contribution in [0, 0.1) is 5.92 Å². The van der Waals surface area contributed by atoms with E-state index in [9.17, 15) is 23.1 Å². The molecule has 0 saturated carbocycles. The number of rotatable bonds is 10. The summed E-state index contributed by atoms with van der Waals surface area (Å²) in [5, 5.41) is 16.3. The molecule has 0 bridgehead atoms. The van der Waals surface area contributed by atoms with Gasteiger partial charge in [-0.2, -0.15) is 13.2 Å². The van der Waals surface area contributed by atoms with Gasteiger partial charge < -0.3 is 24.7 Å². The highest BCUT2D eigenvalue weighted by Crippen LogP contribution is 2.29. The highest BCUT2D eigenvalue weighted by Gasteiger charge is 2.29. The first-order chi connectivity index (χ1) is 16.3. The maximum absolute atomic E-state index is 12.6. The molecule has 1 aliphatic rings. The van der Waals surface area contributed by atoms with Crippen LogP contribution in [0.15, 0.2) is 53.7 Å². The van der Waals surface area contributed by atoms with Crippen molar-refractivity contribution in [3.8, 4) is 5.75 Å². The lowest BCUT2D eigenvalue weighted by molar-refractivity contribution is -0.137. The van der Waals surface area contributed by atoms with Gasteiger partial charge in [0.2, 0.25) is 0 Å². The second kappa shape index (κ2) is 12.4. The Hall–Kier alpha value is -3.11. The minimum Gasteiger partial charge on any atom is -0.484 e. The SMILES string of the molecule is O=C(COc1ccc(C(CO)=NOCc2ccc(C(F)(F)F)cc2)cc1)NCC1CCOCC1. The van der Waals surface area contributed by atoms with Crippen molar-refractivity contribution >= 4 is 11.6 Å². The quantitative estimate of drug-likeness (QED) is 0.401. The van der Waals surface area contributed by atoms with Crippen LogP contribution >= 0.6 is 0 Å². The highest BCUT2D eigenvalue weighted by molar-refractivity contribution is 6.01. The molecule has 2 aromatic rings. The number of aliphatic hydroxyl groups excluding tert-OH is 1. The van der Waals surface area contributed by atoms with Crippen molar-refractivity contribution in [1.29, 1.82) is 0 Å². The third-order valence-corrected chi connectivity index (χ3v) is 5.32. The van der Waals surface area contributed by atoms with Crippen molar-refractivity contribution < 1.29 is 37.4 Å². The molecule has 34 heavy (non-hydrogen) atoms. The Morgan fingerprint density at radius 1 is 1.09 bits per heavy atom. The van der Waals surface area contributed by atoms with Crippen molar-refractivity contribution in [2.45, 2.75) is 25.6 Å². The van der Waals surface area contributed by atoms with Gasteiger partial charge in [0.25, 0.3) is 5.91 Å². The maximum Gasteiger partial charge on any atom is 0.416 e. The number of benzene rings is 2. The first kappa shape index (κ1) is 25.5. The predicted molar refractivity (Wildman–Crippen MR) is 118 cm³/mol. The van der Waals surface area contributed by atoms with Gasteiger partial charge >= 0.3 is 6.18 Å². The Morgan fingerprint density at radius 3 is 2.38 bits per heavy atom.